The number of nitrogens with zero attached hydrogens (tertiary/aromatic N) is 2. The van der Waals surface area contributed by atoms with E-state index in [1.54, 1.807) is 11.8 Å². The van der Waals surface area contributed by atoms with Crippen LogP contribution in [0, 0.1) is 0 Å². The van der Waals surface area contributed by atoms with Gasteiger partial charge in [0.1, 0.15) is 0 Å². The van der Waals surface area contributed by atoms with Crippen molar-refractivity contribution in [1.29, 1.82) is 0 Å². The van der Waals surface area contributed by atoms with Crippen LogP contribution in [0.25, 0.3) is 0 Å². The molecule has 0 saturated carbocycles. The van der Waals surface area contributed by atoms with Crippen LogP contribution < -0.4 is 11.2 Å². The second-order valence-corrected chi connectivity index (χ2v) is 4.26. The van der Waals surface area contributed by atoms with E-state index in [0.29, 0.717) is 13.1 Å². The van der Waals surface area contributed by atoms with Gasteiger partial charge in [-0.05, 0) is 5.56 Å². The molecule has 0 bridgehead atoms. The van der Waals surface area contributed by atoms with E-state index in [9.17, 15) is 0 Å². The third-order valence-corrected chi connectivity index (χ3v) is 3.04. The maximum atomic E-state index is 5.38. The normalized spacial score (nSPS) is 18.1. The van der Waals surface area contributed by atoms with Gasteiger partial charge in [-0.2, -0.15) is 5.10 Å². The van der Waals surface area contributed by atoms with E-state index in [1.165, 1.54) is 0 Å². The maximum absolute atomic E-state index is 5.38. The zero-order valence-corrected chi connectivity index (χ0v) is 9.70. The van der Waals surface area contributed by atoms with Crippen molar-refractivity contribution in [3.63, 3.8) is 0 Å². The molecule has 1 aliphatic rings. The van der Waals surface area contributed by atoms with Crippen molar-refractivity contribution in [2.45, 2.75) is 0 Å². The van der Waals surface area contributed by atoms with Gasteiger partial charge in [-0.25, -0.2) is 0 Å². The first-order chi connectivity index (χ1) is 7.90. The first kappa shape index (κ1) is 11.2. The molecule has 0 unspecified atom stereocenters. The molecule has 0 amide bonds. The first-order valence-electron chi connectivity index (χ1n) is 5.15. The summed E-state index contributed by atoms with van der Waals surface area (Å²) in [6.07, 6.45) is 0. The van der Waals surface area contributed by atoms with Crippen molar-refractivity contribution >= 4 is 22.6 Å². The number of thioether (sulfide) groups is 1. The van der Waals surface area contributed by atoms with Gasteiger partial charge < -0.3 is 5.73 Å². The van der Waals surface area contributed by atoms with Gasteiger partial charge in [0, 0.05) is 12.3 Å². The van der Waals surface area contributed by atoms with Crippen LogP contribution in [0.1, 0.15) is 5.56 Å². The summed E-state index contributed by atoms with van der Waals surface area (Å²) in [6.45, 7) is 1.21. The number of nitrogens with one attached hydrogen (secondary N) is 1. The third kappa shape index (κ3) is 2.84. The molecule has 0 aromatic heterocycles. The average molecular weight is 234 g/mol. The molecule has 84 valence electrons. The summed E-state index contributed by atoms with van der Waals surface area (Å²) in [5.41, 5.74) is 10.5. The Bertz CT molecular complexity index is 400. The van der Waals surface area contributed by atoms with Crippen LogP contribution in [0.15, 0.2) is 40.4 Å². The van der Waals surface area contributed by atoms with Crippen LogP contribution in [0.5, 0.6) is 0 Å². The van der Waals surface area contributed by atoms with Crippen molar-refractivity contribution in [2.24, 2.45) is 15.8 Å². The molecule has 0 saturated heterocycles. The molecule has 1 aromatic rings. The number of hydrogen-bond donors (Lipinski definition) is 2. The summed E-state index contributed by atoms with van der Waals surface area (Å²) in [7, 11) is 0. The quantitative estimate of drug-likeness (QED) is 0.821. The second kappa shape index (κ2) is 5.67. The molecule has 4 nitrogen and oxygen atoms in total. The lowest BCUT2D eigenvalue weighted by Gasteiger charge is -2.14. The number of hydrogen-bond acceptors (Lipinski definition) is 4. The highest BCUT2D eigenvalue weighted by Crippen LogP contribution is 2.13. The maximum Gasteiger partial charge on any atom is 0.177 e. The lowest BCUT2D eigenvalue weighted by Crippen LogP contribution is -2.26. The molecule has 0 spiro atoms. The Morgan fingerprint density at radius 2 is 2.19 bits per heavy atom. The highest BCUT2D eigenvalue weighted by Gasteiger charge is 2.11. The Hall–Kier alpha value is -1.33. The summed E-state index contributed by atoms with van der Waals surface area (Å²) >= 11 is 1.66. The Labute approximate surface area is 99.0 Å². The Morgan fingerprint density at radius 1 is 1.38 bits per heavy atom. The van der Waals surface area contributed by atoms with Crippen molar-refractivity contribution < 1.29 is 0 Å². The molecule has 16 heavy (non-hydrogen) atoms. The summed E-state index contributed by atoms with van der Waals surface area (Å²) in [5.74, 6) is 0.848. The van der Waals surface area contributed by atoms with E-state index in [0.717, 1.165) is 22.2 Å². The van der Waals surface area contributed by atoms with E-state index >= 15 is 0 Å². The molecule has 5 heteroatoms. The number of nitrogens with two attached hydrogens (primary N) is 1. The van der Waals surface area contributed by atoms with Gasteiger partial charge in [0.25, 0.3) is 0 Å². The minimum Gasteiger partial charge on any atom is -0.329 e. The standard InChI is InChI=1S/C11H14N4S/c12-6-7-13-11-15-14-10(8-16-11)9-4-2-1-3-5-9/h1-5H,6-8,12H2,(H,13,15). The van der Waals surface area contributed by atoms with Crippen LogP contribution in [0.4, 0.5) is 0 Å². The predicted octanol–water partition coefficient (Wildman–Crippen LogP) is 1.04. The van der Waals surface area contributed by atoms with Gasteiger partial charge in [0.05, 0.1) is 12.3 Å². The molecular weight excluding hydrogens is 220 g/mol. The van der Waals surface area contributed by atoms with Gasteiger partial charge in [0.15, 0.2) is 5.17 Å². The second-order valence-electron chi connectivity index (χ2n) is 3.30. The number of rotatable bonds is 3. The number of benzene rings is 1. The molecule has 0 fully saturated rings. The number of hydrazone groups is 1. The van der Waals surface area contributed by atoms with Gasteiger partial charge >= 0.3 is 0 Å². The number of aliphatic imine (C=N–C) groups is 1. The zero-order valence-electron chi connectivity index (χ0n) is 8.89. The minimum absolute atomic E-state index is 0.570. The molecule has 2 rings (SSSR count). The molecule has 1 aromatic carbocycles. The Balaban J connectivity index is 2.04. The summed E-state index contributed by atoms with van der Waals surface area (Å²) < 4.78 is 0. The predicted molar refractivity (Wildman–Crippen MR) is 69.9 cm³/mol. The Morgan fingerprint density at radius 3 is 2.81 bits per heavy atom. The van der Waals surface area contributed by atoms with Gasteiger partial charge in [-0.3, -0.25) is 10.4 Å². The monoisotopic (exact) mass is 234 g/mol. The highest BCUT2D eigenvalue weighted by atomic mass is 32.2. The third-order valence-electron chi connectivity index (χ3n) is 2.12. The number of amidine groups is 1. The Kier molecular flexibility index (Phi) is 3.96. The van der Waals surface area contributed by atoms with E-state index in [4.69, 9.17) is 5.73 Å². The van der Waals surface area contributed by atoms with Crippen LogP contribution in [0.2, 0.25) is 0 Å². The van der Waals surface area contributed by atoms with E-state index < -0.39 is 0 Å². The van der Waals surface area contributed by atoms with Crippen molar-refractivity contribution in [1.82, 2.24) is 5.43 Å². The fourth-order valence-corrected chi connectivity index (χ4v) is 2.14. The van der Waals surface area contributed by atoms with Crippen molar-refractivity contribution in [2.75, 3.05) is 18.8 Å². The van der Waals surface area contributed by atoms with Gasteiger partial charge in [-0.1, -0.05) is 42.1 Å². The zero-order chi connectivity index (χ0) is 11.2. The van der Waals surface area contributed by atoms with Crippen LogP contribution >= 0.6 is 11.8 Å². The first-order valence-corrected chi connectivity index (χ1v) is 6.14. The van der Waals surface area contributed by atoms with Crippen LogP contribution in [0.3, 0.4) is 0 Å². The largest absolute Gasteiger partial charge is 0.329 e. The van der Waals surface area contributed by atoms with Gasteiger partial charge in [-0.15, -0.1) is 0 Å². The molecule has 0 atom stereocenters. The summed E-state index contributed by atoms with van der Waals surface area (Å²) in [5, 5.41) is 5.16. The smallest absolute Gasteiger partial charge is 0.177 e. The lowest BCUT2D eigenvalue weighted by molar-refractivity contribution is 0.948. The highest BCUT2D eigenvalue weighted by molar-refractivity contribution is 8.14. The van der Waals surface area contributed by atoms with Crippen molar-refractivity contribution in [3.8, 4) is 0 Å². The van der Waals surface area contributed by atoms with E-state index in [2.05, 4.69) is 27.7 Å². The summed E-state index contributed by atoms with van der Waals surface area (Å²) in [6, 6.07) is 10.1. The van der Waals surface area contributed by atoms with Crippen LogP contribution in [-0.2, 0) is 0 Å². The van der Waals surface area contributed by atoms with Crippen LogP contribution in [-0.4, -0.2) is 29.7 Å². The SMILES string of the molecule is NCCN=C1NN=C(c2ccccc2)CS1. The molecule has 0 aliphatic carbocycles. The molecular formula is C11H14N4S. The minimum atomic E-state index is 0.570. The van der Waals surface area contributed by atoms with E-state index in [-0.39, 0.29) is 0 Å². The van der Waals surface area contributed by atoms with Gasteiger partial charge in [0.2, 0.25) is 0 Å². The summed E-state index contributed by atoms with van der Waals surface area (Å²) in [4.78, 5) is 4.27. The van der Waals surface area contributed by atoms with E-state index in [1.807, 2.05) is 18.2 Å². The molecule has 0 radical (unpaired) electrons. The topological polar surface area (TPSA) is 62.8 Å². The average Bonchev–Trinajstić information content (AvgIpc) is 2.38. The fourth-order valence-electron chi connectivity index (χ4n) is 1.34. The lowest BCUT2D eigenvalue weighted by atomic mass is 10.1. The molecule has 3 N–H and O–H groups in total. The molecule has 1 heterocycles. The molecule has 1 aliphatic heterocycles. The fraction of sp³-hybridized carbons (Fsp3) is 0.273. The van der Waals surface area contributed by atoms with Crippen molar-refractivity contribution in [3.05, 3.63) is 35.9 Å².